The van der Waals surface area contributed by atoms with Crippen LogP contribution in [0.1, 0.15) is 33.6 Å². The molecule has 0 aromatic heterocycles. The van der Waals surface area contributed by atoms with E-state index in [1.165, 1.54) is 0 Å². The molecule has 0 spiro atoms. The van der Waals surface area contributed by atoms with Crippen LogP contribution in [-0.2, 0) is 9.59 Å². The van der Waals surface area contributed by atoms with E-state index in [1.807, 2.05) is 32.8 Å². The van der Waals surface area contributed by atoms with Gasteiger partial charge in [-0.15, -0.1) is 0 Å². The molecule has 0 saturated heterocycles. The SMILES string of the molecule is CC(CC(=O)O)CC(=O)NC(=O)NC(CN(C)C)C(C)C. The minimum atomic E-state index is -0.953. The Morgan fingerprint density at radius 1 is 1.10 bits per heavy atom. The van der Waals surface area contributed by atoms with Crippen LogP contribution in [0.2, 0.25) is 0 Å². The number of nitrogens with one attached hydrogen (secondary N) is 2. The zero-order chi connectivity index (χ0) is 16.6. The first-order valence-corrected chi connectivity index (χ1v) is 7.08. The van der Waals surface area contributed by atoms with Crippen molar-refractivity contribution in [3.63, 3.8) is 0 Å². The fourth-order valence-corrected chi connectivity index (χ4v) is 1.89. The third kappa shape index (κ3) is 9.84. The molecular weight excluding hydrogens is 274 g/mol. The van der Waals surface area contributed by atoms with Crippen molar-refractivity contribution >= 4 is 17.9 Å². The van der Waals surface area contributed by atoms with Crippen LogP contribution in [-0.4, -0.2) is 54.6 Å². The number of amides is 3. The van der Waals surface area contributed by atoms with Crippen molar-refractivity contribution in [3.05, 3.63) is 0 Å². The number of carboxylic acids is 1. The summed E-state index contributed by atoms with van der Waals surface area (Å²) in [6.07, 6.45) is -0.0793. The van der Waals surface area contributed by atoms with Gasteiger partial charge in [-0.2, -0.15) is 0 Å². The molecule has 2 unspecified atom stereocenters. The highest BCUT2D eigenvalue weighted by Crippen LogP contribution is 2.07. The lowest BCUT2D eigenvalue weighted by atomic mass is 10.0. The third-order valence-corrected chi connectivity index (χ3v) is 2.99. The summed E-state index contributed by atoms with van der Waals surface area (Å²) in [6.45, 7) is 6.32. The number of carbonyl (C=O) groups excluding carboxylic acids is 2. The van der Waals surface area contributed by atoms with Gasteiger partial charge in [0, 0.05) is 25.4 Å². The fourth-order valence-electron chi connectivity index (χ4n) is 1.89. The first-order chi connectivity index (χ1) is 9.61. The van der Waals surface area contributed by atoms with Gasteiger partial charge >= 0.3 is 12.0 Å². The Labute approximate surface area is 126 Å². The van der Waals surface area contributed by atoms with E-state index in [4.69, 9.17) is 5.11 Å². The second-order valence-electron chi connectivity index (χ2n) is 6.04. The molecule has 3 N–H and O–H groups in total. The van der Waals surface area contributed by atoms with Gasteiger partial charge in [0.25, 0.3) is 0 Å². The van der Waals surface area contributed by atoms with E-state index in [2.05, 4.69) is 10.6 Å². The Morgan fingerprint density at radius 2 is 1.67 bits per heavy atom. The lowest BCUT2D eigenvalue weighted by molar-refractivity contribution is -0.138. The summed E-state index contributed by atoms with van der Waals surface area (Å²) in [4.78, 5) is 35.9. The summed E-state index contributed by atoms with van der Waals surface area (Å²) >= 11 is 0. The Morgan fingerprint density at radius 3 is 2.10 bits per heavy atom. The molecule has 0 aliphatic carbocycles. The van der Waals surface area contributed by atoms with E-state index in [9.17, 15) is 14.4 Å². The van der Waals surface area contributed by atoms with E-state index in [0.717, 1.165) is 0 Å². The zero-order valence-corrected chi connectivity index (χ0v) is 13.5. The number of nitrogens with zero attached hydrogens (tertiary/aromatic N) is 1. The highest BCUT2D eigenvalue weighted by molar-refractivity contribution is 5.94. The number of carboxylic acid groups (broad SMARTS) is 1. The standard InChI is InChI=1S/C14H27N3O4/c1-9(2)11(8-17(4)5)15-14(21)16-12(18)6-10(3)7-13(19)20/h9-11H,6-8H2,1-5H3,(H,19,20)(H2,15,16,18,21). The number of likely N-dealkylation sites (N-methyl/N-ethyl adjacent to an activating group) is 1. The predicted octanol–water partition coefficient (Wildman–Crippen LogP) is 0.899. The molecule has 0 heterocycles. The van der Waals surface area contributed by atoms with Gasteiger partial charge in [0.1, 0.15) is 0 Å². The summed E-state index contributed by atoms with van der Waals surface area (Å²) < 4.78 is 0. The highest BCUT2D eigenvalue weighted by atomic mass is 16.4. The number of carbonyl (C=O) groups is 3. The molecule has 0 aliphatic rings. The molecule has 7 nitrogen and oxygen atoms in total. The third-order valence-electron chi connectivity index (χ3n) is 2.99. The van der Waals surface area contributed by atoms with Gasteiger partial charge in [-0.1, -0.05) is 20.8 Å². The average molecular weight is 301 g/mol. The van der Waals surface area contributed by atoms with E-state index in [1.54, 1.807) is 6.92 Å². The van der Waals surface area contributed by atoms with Crippen molar-refractivity contribution in [2.75, 3.05) is 20.6 Å². The summed E-state index contributed by atoms with van der Waals surface area (Å²) in [7, 11) is 3.82. The Bertz CT molecular complexity index is 369. The van der Waals surface area contributed by atoms with E-state index in [0.29, 0.717) is 6.54 Å². The quantitative estimate of drug-likeness (QED) is 0.618. The van der Waals surface area contributed by atoms with Crippen molar-refractivity contribution in [2.45, 2.75) is 39.7 Å². The number of aliphatic carboxylic acids is 1. The molecule has 21 heavy (non-hydrogen) atoms. The fraction of sp³-hybridized carbons (Fsp3) is 0.786. The van der Waals surface area contributed by atoms with E-state index < -0.39 is 17.9 Å². The highest BCUT2D eigenvalue weighted by Gasteiger charge is 2.19. The topological polar surface area (TPSA) is 98.7 Å². The maximum atomic E-state index is 11.8. The molecule has 0 fully saturated rings. The number of urea groups is 1. The van der Waals surface area contributed by atoms with Crippen LogP contribution < -0.4 is 10.6 Å². The van der Waals surface area contributed by atoms with Crippen molar-refractivity contribution in [1.29, 1.82) is 0 Å². The molecule has 0 radical (unpaired) electrons. The smallest absolute Gasteiger partial charge is 0.321 e. The monoisotopic (exact) mass is 301 g/mol. The Balaban J connectivity index is 4.27. The van der Waals surface area contributed by atoms with Crippen LogP contribution in [0.3, 0.4) is 0 Å². The second kappa shape index (κ2) is 9.33. The number of hydrogen-bond acceptors (Lipinski definition) is 4. The largest absolute Gasteiger partial charge is 0.481 e. The molecule has 0 saturated carbocycles. The first kappa shape index (κ1) is 19.4. The zero-order valence-electron chi connectivity index (χ0n) is 13.5. The minimum Gasteiger partial charge on any atom is -0.481 e. The molecule has 7 heteroatoms. The molecule has 3 amide bonds. The maximum Gasteiger partial charge on any atom is 0.321 e. The van der Waals surface area contributed by atoms with Crippen LogP contribution in [0.25, 0.3) is 0 Å². The van der Waals surface area contributed by atoms with Crippen LogP contribution in [0.5, 0.6) is 0 Å². The van der Waals surface area contributed by atoms with Crippen molar-refractivity contribution in [3.8, 4) is 0 Å². The van der Waals surface area contributed by atoms with E-state index >= 15 is 0 Å². The lowest BCUT2D eigenvalue weighted by Gasteiger charge is -2.25. The molecule has 0 aromatic rings. The van der Waals surface area contributed by atoms with Crippen molar-refractivity contribution < 1.29 is 19.5 Å². The van der Waals surface area contributed by atoms with Crippen LogP contribution in [0, 0.1) is 11.8 Å². The van der Waals surface area contributed by atoms with Crippen molar-refractivity contribution in [1.82, 2.24) is 15.5 Å². The van der Waals surface area contributed by atoms with Gasteiger partial charge in [-0.25, -0.2) is 4.79 Å². The summed E-state index contributed by atoms with van der Waals surface area (Å²) in [5.41, 5.74) is 0. The van der Waals surface area contributed by atoms with Gasteiger partial charge in [-0.05, 0) is 25.9 Å². The van der Waals surface area contributed by atoms with Crippen LogP contribution in [0.15, 0.2) is 0 Å². The normalized spacial score (nSPS) is 13.9. The number of hydrogen-bond donors (Lipinski definition) is 3. The first-order valence-electron chi connectivity index (χ1n) is 7.08. The maximum absolute atomic E-state index is 11.8. The molecule has 0 aromatic carbocycles. The average Bonchev–Trinajstić information content (AvgIpc) is 2.24. The van der Waals surface area contributed by atoms with Crippen molar-refractivity contribution in [2.24, 2.45) is 11.8 Å². The Hall–Kier alpha value is -1.63. The minimum absolute atomic E-state index is 0.0136. The van der Waals surface area contributed by atoms with Gasteiger partial charge in [0.15, 0.2) is 0 Å². The predicted molar refractivity (Wildman–Crippen MR) is 79.9 cm³/mol. The van der Waals surface area contributed by atoms with Gasteiger partial charge in [0.2, 0.25) is 5.91 Å². The van der Waals surface area contributed by atoms with Gasteiger partial charge in [0.05, 0.1) is 0 Å². The summed E-state index contributed by atoms with van der Waals surface area (Å²) in [5, 5.41) is 13.6. The molecule has 0 rings (SSSR count). The summed E-state index contributed by atoms with van der Waals surface area (Å²) in [5.74, 6) is -1.49. The number of imide groups is 1. The molecule has 0 aliphatic heterocycles. The van der Waals surface area contributed by atoms with E-state index in [-0.39, 0.29) is 30.7 Å². The molecule has 2 atom stereocenters. The molecule has 0 bridgehead atoms. The number of rotatable bonds is 8. The summed E-state index contributed by atoms with van der Waals surface area (Å²) in [6, 6.07) is -0.604. The Kier molecular flexibility index (Phi) is 8.61. The van der Waals surface area contributed by atoms with Crippen LogP contribution in [0.4, 0.5) is 4.79 Å². The lowest BCUT2D eigenvalue weighted by Crippen LogP contribution is -2.50. The molecular formula is C14H27N3O4. The van der Waals surface area contributed by atoms with Gasteiger partial charge in [-0.3, -0.25) is 14.9 Å². The van der Waals surface area contributed by atoms with Crippen LogP contribution >= 0.6 is 0 Å². The van der Waals surface area contributed by atoms with Gasteiger partial charge < -0.3 is 15.3 Å². The second-order valence-corrected chi connectivity index (χ2v) is 6.04. The molecule has 122 valence electrons.